The Morgan fingerprint density at radius 1 is 0.422 bits per heavy atom. The van der Waals surface area contributed by atoms with Gasteiger partial charge in [-0.05, 0) is 96.3 Å². The van der Waals surface area contributed by atoms with Crippen LogP contribution in [0.4, 0.5) is 0 Å². The standard InChI is InChI=1S/C74H127NO8/c1-3-5-7-9-11-13-15-17-19-21-23-25-26-27-28-29-30-31-32-33-34-35-36-37-38-39-40-41-42-44-46-48-50-52-54-56-58-60-62-64-70(78)75-67(66-82-74-73(81)72(80)71(79)69(65-76)83-74)68(77)63-61-59-57-55-53-51-49-47-45-43-24-22-20-18-16-14-12-10-8-6-4-2/h5,7,11,13,17,19,23,25,27-28,30-31,33-34,36-37,53,55,61,63,67-69,71-74,76-77,79-81H,3-4,6,8-10,12,14-16,18,20-22,24,26,29,32,35,38-52,54,56-60,62,64-66H2,1-2H3,(H,75,78)/b7-5-,13-11-,19-17-,25-23-,28-27-,31-30-,34-33-,37-36-,55-53+,63-61+. The van der Waals surface area contributed by atoms with E-state index in [1.807, 2.05) is 6.08 Å². The van der Waals surface area contributed by atoms with E-state index in [-0.39, 0.29) is 12.5 Å². The number of amides is 1. The first-order valence-corrected chi connectivity index (χ1v) is 34.3. The summed E-state index contributed by atoms with van der Waals surface area (Å²) in [5.74, 6) is -0.189. The summed E-state index contributed by atoms with van der Waals surface area (Å²) in [6.07, 6.45) is 85.8. The van der Waals surface area contributed by atoms with E-state index in [9.17, 15) is 30.3 Å². The number of hydrogen-bond acceptors (Lipinski definition) is 8. The highest BCUT2D eigenvalue weighted by Crippen LogP contribution is 2.23. The lowest BCUT2D eigenvalue weighted by atomic mass is 9.99. The molecule has 9 nitrogen and oxygen atoms in total. The third-order valence-electron chi connectivity index (χ3n) is 15.5. The molecule has 1 aliphatic heterocycles. The van der Waals surface area contributed by atoms with Crippen LogP contribution in [-0.4, -0.2) is 87.5 Å². The summed E-state index contributed by atoms with van der Waals surface area (Å²) in [6, 6.07) is -0.830. The summed E-state index contributed by atoms with van der Waals surface area (Å²) >= 11 is 0. The fourth-order valence-electron chi connectivity index (χ4n) is 10.2. The monoisotopic (exact) mass is 1160 g/mol. The maximum absolute atomic E-state index is 13.1. The molecule has 0 aromatic rings. The lowest BCUT2D eigenvalue weighted by Crippen LogP contribution is -2.60. The van der Waals surface area contributed by atoms with E-state index in [0.29, 0.717) is 6.42 Å². The zero-order valence-electron chi connectivity index (χ0n) is 53.2. The molecule has 7 unspecified atom stereocenters. The lowest BCUT2D eigenvalue weighted by Gasteiger charge is -2.40. The number of ether oxygens (including phenoxy) is 2. The van der Waals surface area contributed by atoms with E-state index in [1.54, 1.807) is 6.08 Å². The molecule has 476 valence electrons. The molecule has 1 rings (SSSR count). The summed E-state index contributed by atoms with van der Waals surface area (Å²) in [7, 11) is 0. The quantitative estimate of drug-likeness (QED) is 0.0261. The smallest absolute Gasteiger partial charge is 0.220 e. The Labute approximate surface area is 509 Å². The summed E-state index contributed by atoms with van der Waals surface area (Å²) in [6.45, 7) is 3.67. The number of carbonyl (C=O) groups is 1. The summed E-state index contributed by atoms with van der Waals surface area (Å²) < 4.78 is 11.3. The minimum atomic E-state index is -1.58. The van der Waals surface area contributed by atoms with E-state index >= 15 is 0 Å². The molecule has 1 amide bonds. The molecule has 7 atom stereocenters. The van der Waals surface area contributed by atoms with Crippen molar-refractivity contribution in [1.82, 2.24) is 5.32 Å². The highest BCUT2D eigenvalue weighted by atomic mass is 16.7. The Morgan fingerprint density at radius 3 is 1.16 bits per heavy atom. The van der Waals surface area contributed by atoms with Crippen LogP contribution in [0, 0.1) is 0 Å². The van der Waals surface area contributed by atoms with Gasteiger partial charge in [0.15, 0.2) is 6.29 Å². The van der Waals surface area contributed by atoms with Crippen molar-refractivity contribution < 1.29 is 39.8 Å². The van der Waals surface area contributed by atoms with Gasteiger partial charge in [-0.15, -0.1) is 0 Å². The molecule has 0 bridgehead atoms. The number of unbranched alkanes of at least 4 members (excludes halogenated alkanes) is 30. The van der Waals surface area contributed by atoms with Crippen LogP contribution in [-0.2, 0) is 14.3 Å². The first-order chi connectivity index (χ1) is 40.8. The van der Waals surface area contributed by atoms with Gasteiger partial charge in [-0.2, -0.15) is 0 Å². The zero-order valence-corrected chi connectivity index (χ0v) is 53.2. The topological polar surface area (TPSA) is 149 Å². The number of carbonyl (C=O) groups excluding carboxylic acids is 1. The highest BCUT2D eigenvalue weighted by molar-refractivity contribution is 5.76. The van der Waals surface area contributed by atoms with Crippen LogP contribution in [0.15, 0.2) is 122 Å². The molecule has 9 heteroatoms. The maximum Gasteiger partial charge on any atom is 0.220 e. The second-order valence-corrected chi connectivity index (χ2v) is 23.2. The van der Waals surface area contributed by atoms with Gasteiger partial charge in [-0.1, -0.05) is 302 Å². The Hall–Kier alpha value is -3.41. The molecular formula is C74H127NO8. The van der Waals surface area contributed by atoms with Crippen LogP contribution in [0.1, 0.15) is 284 Å². The van der Waals surface area contributed by atoms with Crippen molar-refractivity contribution in [2.75, 3.05) is 13.2 Å². The number of hydrogen-bond donors (Lipinski definition) is 6. The molecular weight excluding hydrogens is 1030 g/mol. The fourth-order valence-corrected chi connectivity index (χ4v) is 10.2. The van der Waals surface area contributed by atoms with Gasteiger partial charge >= 0.3 is 0 Å². The molecule has 0 saturated carbocycles. The van der Waals surface area contributed by atoms with Gasteiger partial charge in [0, 0.05) is 6.42 Å². The van der Waals surface area contributed by atoms with Gasteiger partial charge in [0.2, 0.25) is 5.91 Å². The van der Waals surface area contributed by atoms with E-state index in [1.165, 1.54) is 173 Å². The number of aliphatic hydroxyl groups excluding tert-OH is 5. The molecule has 0 spiro atoms. The summed E-state index contributed by atoms with van der Waals surface area (Å²) in [4.78, 5) is 13.1. The lowest BCUT2D eigenvalue weighted by molar-refractivity contribution is -0.302. The number of aliphatic hydroxyl groups is 5. The molecule has 83 heavy (non-hydrogen) atoms. The van der Waals surface area contributed by atoms with Gasteiger partial charge < -0.3 is 40.3 Å². The first kappa shape index (κ1) is 77.6. The van der Waals surface area contributed by atoms with Crippen LogP contribution in [0.25, 0.3) is 0 Å². The van der Waals surface area contributed by atoms with Gasteiger partial charge in [-0.3, -0.25) is 4.79 Å². The fraction of sp³-hybridized carbons (Fsp3) is 0.716. The number of rotatable bonds is 58. The van der Waals surface area contributed by atoms with E-state index < -0.39 is 49.5 Å². The van der Waals surface area contributed by atoms with E-state index in [0.717, 1.165) is 89.9 Å². The molecule has 1 heterocycles. The highest BCUT2D eigenvalue weighted by Gasteiger charge is 2.44. The van der Waals surface area contributed by atoms with Crippen molar-refractivity contribution >= 4 is 5.91 Å². The molecule has 1 fully saturated rings. The molecule has 6 N–H and O–H groups in total. The van der Waals surface area contributed by atoms with Gasteiger partial charge in [0.25, 0.3) is 0 Å². The van der Waals surface area contributed by atoms with E-state index in [2.05, 4.69) is 129 Å². The second-order valence-electron chi connectivity index (χ2n) is 23.2. The third kappa shape index (κ3) is 50.5. The first-order valence-electron chi connectivity index (χ1n) is 34.3. The van der Waals surface area contributed by atoms with Crippen LogP contribution >= 0.6 is 0 Å². The van der Waals surface area contributed by atoms with Gasteiger partial charge in [0.1, 0.15) is 24.4 Å². The van der Waals surface area contributed by atoms with Crippen molar-refractivity contribution in [1.29, 1.82) is 0 Å². The molecule has 0 aromatic heterocycles. The maximum atomic E-state index is 13.1. The molecule has 0 aromatic carbocycles. The molecule has 0 radical (unpaired) electrons. The van der Waals surface area contributed by atoms with E-state index in [4.69, 9.17) is 9.47 Å². The number of nitrogens with one attached hydrogen (secondary N) is 1. The normalized spacial score (nSPS) is 19.0. The molecule has 1 saturated heterocycles. The predicted octanol–water partition coefficient (Wildman–Crippen LogP) is 18.6. The predicted molar refractivity (Wildman–Crippen MR) is 354 cm³/mol. The Kier molecular flexibility index (Phi) is 57.7. The van der Waals surface area contributed by atoms with Crippen LogP contribution < -0.4 is 5.32 Å². The minimum Gasteiger partial charge on any atom is -0.394 e. The van der Waals surface area contributed by atoms with Crippen molar-refractivity contribution in [3.05, 3.63) is 122 Å². The van der Waals surface area contributed by atoms with Crippen LogP contribution in [0.3, 0.4) is 0 Å². The Morgan fingerprint density at radius 2 is 0.759 bits per heavy atom. The Bertz CT molecular complexity index is 1720. The largest absolute Gasteiger partial charge is 0.394 e. The van der Waals surface area contributed by atoms with Crippen LogP contribution in [0.5, 0.6) is 0 Å². The van der Waals surface area contributed by atoms with Crippen molar-refractivity contribution in [2.24, 2.45) is 0 Å². The number of allylic oxidation sites excluding steroid dienone is 19. The molecule has 0 aliphatic carbocycles. The average molecular weight is 1160 g/mol. The van der Waals surface area contributed by atoms with Crippen molar-refractivity contribution in [3.8, 4) is 0 Å². The zero-order chi connectivity index (χ0) is 60.0. The summed E-state index contributed by atoms with van der Waals surface area (Å²) in [5.41, 5.74) is 0. The minimum absolute atomic E-state index is 0.189. The van der Waals surface area contributed by atoms with Crippen molar-refractivity contribution in [2.45, 2.75) is 326 Å². The molecule has 1 aliphatic rings. The van der Waals surface area contributed by atoms with Gasteiger partial charge in [0.05, 0.1) is 25.4 Å². The van der Waals surface area contributed by atoms with Crippen molar-refractivity contribution in [3.63, 3.8) is 0 Å². The summed E-state index contributed by atoms with van der Waals surface area (Å²) in [5, 5.41) is 54.7. The second kappa shape index (κ2) is 61.7. The van der Waals surface area contributed by atoms with Gasteiger partial charge in [-0.25, -0.2) is 0 Å². The van der Waals surface area contributed by atoms with Crippen LogP contribution in [0.2, 0.25) is 0 Å². The SMILES string of the molecule is CC/C=C\C/C=C\C/C=C\C/C=C\C/C=C\C/C=C\C/C=C\C/C=C\CCCCCCCCCCCCCCCCC(=O)NC(COC1OC(CO)C(O)C(O)C1O)C(O)/C=C/CC/C=C/CCCCCCCCCCCCCCCCC. The third-order valence-corrected chi connectivity index (χ3v) is 15.5. The average Bonchev–Trinajstić information content (AvgIpc) is 3.60. The Balaban J connectivity index is 2.14.